The summed E-state index contributed by atoms with van der Waals surface area (Å²) in [5, 5.41) is 2.71. The Morgan fingerprint density at radius 1 is 1.24 bits per heavy atom. The SMILES string of the molecule is CC.O=C1C=C(OCc2ccccc2)CCN1. The van der Waals surface area contributed by atoms with Crippen molar-refractivity contribution in [2.24, 2.45) is 0 Å². The Hall–Kier alpha value is -1.77. The van der Waals surface area contributed by atoms with Gasteiger partial charge in [0.2, 0.25) is 5.91 Å². The molecule has 2 rings (SSSR count). The van der Waals surface area contributed by atoms with E-state index in [1.54, 1.807) is 0 Å². The van der Waals surface area contributed by atoms with E-state index >= 15 is 0 Å². The summed E-state index contributed by atoms with van der Waals surface area (Å²) in [6.07, 6.45) is 2.30. The van der Waals surface area contributed by atoms with Gasteiger partial charge >= 0.3 is 0 Å². The minimum atomic E-state index is -0.0655. The fourth-order valence-corrected chi connectivity index (χ4v) is 1.44. The Morgan fingerprint density at radius 3 is 2.59 bits per heavy atom. The van der Waals surface area contributed by atoms with Gasteiger partial charge in [-0.2, -0.15) is 0 Å². The molecular formula is C14H19NO2. The maximum Gasteiger partial charge on any atom is 0.247 e. The van der Waals surface area contributed by atoms with Crippen LogP contribution >= 0.6 is 0 Å². The van der Waals surface area contributed by atoms with Crippen molar-refractivity contribution in [1.29, 1.82) is 0 Å². The van der Waals surface area contributed by atoms with Gasteiger partial charge in [-0.25, -0.2) is 0 Å². The van der Waals surface area contributed by atoms with Gasteiger partial charge < -0.3 is 10.1 Å². The highest BCUT2D eigenvalue weighted by atomic mass is 16.5. The van der Waals surface area contributed by atoms with Crippen molar-refractivity contribution in [3.05, 3.63) is 47.7 Å². The minimum Gasteiger partial charge on any atom is -0.493 e. The second-order valence-corrected chi connectivity index (χ2v) is 3.43. The second-order valence-electron chi connectivity index (χ2n) is 3.43. The number of ether oxygens (including phenoxy) is 1. The Labute approximate surface area is 102 Å². The van der Waals surface area contributed by atoms with Gasteiger partial charge in [0, 0.05) is 19.0 Å². The number of hydrogen-bond acceptors (Lipinski definition) is 2. The molecule has 1 aromatic rings. The fourth-order valence-electron chi connectivity index (χ4n) is 1.44. The lowest BCUT2D eigenvalue weighted by Crippen LogP contribution is -2.27. The predicted octanol–water partition coefficient (Wildman–Crippen LogP) is 2.63. The van der Waals surface area contributed by atoms with Gasteiger partial charge in [-0.1, -0.05) is 44.2 Å². The van der Waals surface area contributed by atoms with Gasteiger partial charge in [0.05, 0.1) is 0 Å². The van der Waals surface area contributed by atoms with Gasteiger partial charge in [0.1, 0.15) is 12.4 Å². The highest BCUT2D eigenvalue weighted by molar-refractivity contribution is 5.88. The first kappa shape index (κ1) is 13.3. The summed E-state index contributed by atoms with van der Waals surface area (Å²) in [7, 11) is 0. The van der Waals surface area contributed by atoms with Crippen LogP contribution in [0.5, 0.6) is 0 Å². The van der Waals surface area contributed by atoms with Crippen LogP contribution in [0.3, 0.4) is 0 Å². The van der Waals surface area contributed by atoms with Gasteiger partial charge in [-0.15, -0.1) is 0 Å². The van der Waals surface area contributed by atoms with Crippen LogP contribution in [0, 0.1) is 0 Å². The van der Waals surface area contributed by atoms with Crippen molar-refractivity contribution >= 4 is 5.91 Å². The van der Waals surface area contributed by atoms with Gasteiger partial charge in [0.15, 0.2) is 0 Å². The number of carbonyl (C=O) groups is 1. The first-order valence-electron chi connectivity index (χ1n) is 6.00. The van der Waals surface area contributed by atoms with Crippen LogP contribution in [0.4, 0.5) is 0 Å². The van der Waals surface area contributed by atoms with E-state index in [0.717, 1.165) is 17.7 Å². The molecule has 17 heavy (non-hydrogen) atoms. The zero-order valence-corrected chi connectivity index (χ0v) is 10.4. The molecule has 0 aromatic heterocycles. The topological polar surface area (TPSA) is 38.3 Å². The van der Waals surface area contributed by atoms with Gasteiger partial charge in [-0.3, -0.25) is 4.79 Å². The largest absolute Gasteiger partial charge is 0.493 e. The van der Waals surface area contributed by atoms with Crippen molar-refractivity contribution in [3.8, 4) is 0 Å². The van der Waals surface area contributed by atoms with Crippen LogP contribution < -0.4 is 5.32 Å². The molecule has 0 saturated heterocycles. The Morgan fingerprint density at radius 2 is 1.94 bits per heavy atom. The monoisotopic (exact) mass is 233 g/mol. The molecule has 1 N–H and O–H groups in total. The molecule has 0 atom stereocenters. The molecule has 0 aliphatic carbocycles. The molecule has 0 saturated carbocycles. The van der Waals surface area contributed by atoms with Crippen LogP contribution in [0.25, 0.3) is 0 Å². The van der Waals surface area contributed by atoms with E-state index in [2.05, 4.69) is 5.32 Å². The van der Waals surface area contributed by atoms with E-state index in [9.17, 15) is 4.79 Å². The molecule has 0 spiro atoms. The fraction of sp³-hybridized carbons (Fsp3) is 0.357. The third kappa shape index (κ3) is 4.72. The molecule has 1 aliphatic rings. The van der Waals surface area contributed by atoms with Crippen molar-refractivity contribution in [2.75, 3.05) is 6.54 Å². The van der Waals surface area contributed by atoms with Crippen LogP contribution in [0.2, 0.25) is 0 Å². The molecule has 3 nitrogen and oxygen atoms in total. The number of amides is 1. The van der Waals surface area contributed by atoms with Crippen molar-refractivity contribution in [3.63, 3.8) is 0 Å². The maximum absolute atomic E-state index is 11.0. The molecule has 0 unspecified atom stereocenters. The van der Waals surface area contributed by atoms with E-state index in [-0.39, 0.29) is 5.91 Å². The molecular weight excluding hydrogens is 214 g/mol. The summed E-state index contributed by atoms with van der Waals surface area (Å²) in [5.74, 6) is 0.701. The number of benzene rings is 1. The number of rotatable bonds is 3. The highest BCUT2D eigenvalue weighted by Crippen LogP contribution is 2.10. The zero-order chi connectivity index (χ0) is 12.5. The Kier molecular flexibility index (Phi) is 5.86. The number of nitrogens with one attached hydrogen (secondary N) is 1. The molecule has 0 fully saturated rings. The third-order valence-electron chi connectivity index (χ3n) is 2.23. The van der Waals surface area contributed by atoms with E-state index < -0.39 is 0 Å². The normalized spacial score (nSPS) is 14.0. The lowest BCUT2D eigenvalue weighted by atomic mass is 10.2. The molecule has 1 heterocycles. The molecule has 1 aliphatic heterocycles. The Bertz CT molecular complexity index is 371. The van der Waals surface area contributed by atoms with E-state index in [1.165, 1.54) is 6.08 Å². The lowest BCUT2D eigenvalue weighted by Gasteiger charge is -2.14. The summed E-state index contributed by atoms with van der Waals surface area (Å²) in [6, 6.07) is 9.92. The molecule has 1 amide bonds. The standard InChI is InChI=1S/C12H13NO2.C2H6/c14-12-8-11(6-7-13-12)15-9-10-4-2-1-3-5-10;1-2/h1-5,8H,6-7,9H2,(H,13,14);1-2H3. The maximum atomic E-state index is 11.0. The third-order valence-corrected chi connectivity index (χ3v) is 2.23. The summed E-state index contributed by atoms with van der Waals surface area (Å²) < 4.78 is 5.54. The van der Waals surface area contributed by atoms with E-state index in [0.29, 0.717) is 13.2 Å². The number of hydrogen-bond donors (Lipinski definition) is 1. The van der Waals surface area contributed by atoms with E-state index in [1.807, 2.05) is 44.2 Å². The smallest absolute Gasteiger partial charge is 0.247 e. The highest BCUT2D eigenvalue weighted by Gasteiger charge is 2.09. The first-order chi connectivity index (χ1) is 8.34. The minimum absolute atomic E-state index is 0.0655. The predicted molar refractivity (Wildman–Crippen MR) is 68.3 cm³/mol. The summed E-state index contributed by atoms with van der Waals surface area (Å²) >= 11 is 0. The summed E-state index contributed by atoms with van der Waals surface area (Å²) in [5.41, 5.74) is 1.12. The van der Waals surface area contributed by atoms with E-state index in [4.69, 9.17) is 4.74 Å². The van der Waals surface area contributed by atoms with Crippen LogP contribution in [0.15, 0.2) is 42.2 Å². The molecule has 0 bridgehead atoms. The van der Waals surface area contributed by atoms with Crippen molar-refractivity contribution in [1.82, 2.24) is 5.32 Å². The molecule has 0 radical (unpaired) electrons. The molecule has 1 aromatic carbocycles. The van der Waals surface area contributed by atoms with Crippen molar-refractivity contribution < 1.29 is 9.53 Å². The van der Waals surface area contributed by atoms with Gasteiger partial charge in [-0.05, 0) is 5.56 Å². The second kappa shape index (κ2) is 7.49. The lowest BCUT2D eigenvalue weighted by molar-refractivity contribution is -0.117. The average Bonchev–Trinajstić information content (AvgIpc) is 2.40. The average molecular weight is 233 g/mol. The molecule has 3 heteroatoms. The van der Waals surface area contributed by atoms with Crippen LogP contribution in [-0.2, 0) is 16.1 Å². The number of carbonyl (C=O) groups excluding carboxylic acids is 1. The van der Waals surface area contributed by atoms with Crippen LogP contribution in [-0.4, -0.2) is 12.5 Å². The Balaban J connectivity index is 0.000000686. The first-order valence-corrected chi connectivity index (χ1v) is 6.00. The quantitative estimate of drug-likeness (QED) is 0.871. The van der Waals surface area contributed by atoms with Crippen LogP contribution in [0.1, 0.15) is 25.8 Å². The summed E-state index contributed by atoms with van der Waals surface area (Å²) in [4.78, 5) is 11.0. The van der Waals surface area contributed by atoms with Crippen molar-refractivity contribution in [2.45, 2.75) is 26.9 Å². The van der Waals surface area contributed by atoms with Gasteiger partial charge in [0.25, 0.3) is 0 Å². The molecule has 92 valence electrons. The zero-order valence-electron chi connectivity index (χ0n) is 10.4. The summed E-state index contributed by atoms with van der Waals surface area (Å²) in [6.45, 7) is 5.19.